The maximum absolute atomic E-state index is 13.8. The average molecular weight is 207 g/mol. The summed E-state index contributed by atoms with van der Waals surface area (Å²) in [5.74, 6) is 0.562. The summed E-state index contributed by atoms with van der Waals surface area (Å²) in [4.78, 5) is 0. The second-order valence-corrected chi connectivity index (χ2v) is 4.79. The Morgan fingerprint density at radius 2 is 2.20 bits per heavy atom. The quantitative estimate of drug-likeness (QED) is 0.786. The van der Waals surface area contributed by atoms with E-state index in [1.807, 2.05) is 18.2 Å². The third kappa shape index (κ3) is 2.37. The first kappa shape index (κ1) is 10.6. The molecule has 82 valence electrons. The molecule has 1 atom stereocenters. The number of hydrogen-bond donors (Lipinski definition) is 1. The third-order valence-electron chi connectivity index (χ3n) is 3.10. The summed E-state index contributed by atoms with van der Waals surface area (Å²) in [6, 6.07) is 7.95. The third-order valence-corrected chi connectivity index (χ3v) is 3.10. The van der Waals surface area contributed by atoms with Crippen molar-refractivity contribution in [3.63, 3.8) is 0 Å². The van der Waals surface area contributed by atoms with E-state index in [0.29, 0.717) is 5.92 Å². The van der Waals surface area contributed by atoms with Crippen LogP contribution in [0.2, 0.25) is 0 Å². The molecule has 1 heterocycles. The van der Waals surface area contributed by atoms with Gasteiger partial charge in [0.15, 0.2) is 0 Å². The van der Waals surface area contributed by atoms with Crippen molar-refractivity contribution in [2.75, 3.05) is 13.1 Å². The van der Waals surface area contributed by atoms with Gasteiger partial charge in [0, 0.05) is 6.54 Å². The first-order valence-electron chi connectivity index (χ1n) is 5.57. The topological polar surface area (TPSA) is 12.0 Å². The number of rotatable bonds is 2. The molecule has 0 aliphatic carbocycles. The van der Waals surface area contributed by atoms with Crippen molar-refractivity contribution in [2.24, 2.45) is 0 Å². The van der Waals surface area contributed by atoms with Gasteiger partial charge in [0.25, 0.3) is 0 Å². The van der Waals surface area contributed by atoms with Crippen LogP contribution in [-0.2, 0) is 5.67 Å². The molecule has 1 aliphatic heterocycles. The highest BCUT2D eigenvalue weighted by atomic mass is 19.1. The minimum atomic E-state index is -1.23. The lowest BCUT2D eigenvalue weighted by Crippen LogP contribution is -2.11. The Morgan fingerprint density at radius 3 is 2.80 bits per heavy atom. The molecule has 1 fully saturated rings. The fourth-order valence-corrected chi connectivity index (χ4v) is 2.10. The van der Waals surface area contributed by atoms with Crippen LogP contribution in [-0.4, -0.2) is 13.1 Å². The van der Waals surface area contributed by atoms with Crippen molar-refractivity contribution in [2.45, 2.75) is 31.9 Å². The molecule has 2 rings (SSSR count). The van der Waals surface area contributed by atoms with Crippen LogP contribution in [0.25, 0.3) is 0 Å². The maximum Gasteiger partial charge on any atom is 0.130 e. The summed E-state index contributed by atoms with van der Waals surface area (Å²) in [5, 5.41) is 3.34. The van der Waals surface area contributed by atoms with Gasteiger partial charge in [-0.3, -0.25) is 0 Å². The number of hydrogen-bond acceptors (Lipinski definition) is 1. The molecule has 0 radical (unpaired) electrons. The minimum Gasteiger partial charge on any atom is -0.316 e. The second kappa shape index (κ2) is 3.93. The highest BCUT2D eigenvalue weighted by Crippen LogP contribution is 2.29. The molecule has 0 amide bonds. The van der Waals surface area contributed by atoms with E-state index < -0.39 is 5.67 Å². The molecule has 1 saturated heterocycles. The standard InChI is InChI=1S/C13H18FN/c1-13(2,14)12-5-3-4-10(8-12)11-6-7-15-9-11/h3-5,8,11,15H,6-7,9H2,1-2H3. The van der Waals surface area contributed by atoms with Crippen molar-refractivity contribution in [3.8, 4) is 0 Å². The summed E-state index contributed by atoms with van der Waals surface area (Å²) in [7, 11) is 0. The van der Waals surface area contributed by atoms with E-state index in [4.69, 9.17) is 0 Å². The highest BCUT2D eigenvalue weighted by Gasteiger charge is 2.21. The SMILES string of the molecule is CC(C)(F)c1cccc(C2CCNC2)c1. The van der Waals surface area contributed by atoms with Gasteiger partial charge < -0.3 is 5.32 Å². The van der Waals surface area contributed by atoms with Gasteiger partial charge in [-0.25, -0.2) is 4.39 Å². The second-order valence-electron chi connectivity index (χ2n) is 4.79. The first-order valence-corrected chi connectivity index (χ1v) is 5.57. The van der Waals surface area contributed by atoms with Crippen LogP contribution in [0.3, 0.4) is 0 Å². The monoisotopic (exact) mass is 207 g/mol. The molecule has 0 spiro atoms. The normalized spacial score (nSPS) is 21.9. The van der Waals surface area contributed by atoms with Crippen LogP contribution < -0.4 is 5.32 Å². The van der Waals surface area contributed by atoms with E-state index in [1.165, 1.54) is 5.56 Å². The predicted octanol–water partition coefficient (Wildman–Crippen LogP) is 2.97. The van der Waals surface area contributed by atoms with Crippen LogP contribution in [0.5, 0.6) is 0 Å². The molecule has 15 heavy (non-hydrogen) atoms. The van der Waals surface area contributed by atoms with Gasteiger partial charge in [-0.05, 0) is 43.9 Å². The molecule has 2 heteroatoms. The van der Waals surface area contributed by atoms with Crippen LogP contribution in [0.1, 0.15) is 37.3 Å². The van der Waals surface area contributed by atoms with Gasteiger partial charge in [-0.2, -0.15) is 0 Å². The number of alkyl halides is 1. The van der Waals surface area contributed by atoms with E-state index in [9.17, 15) is 4.39 Å². The molecule has 0 bridgehead atoms. The molecule has 1 aliphatic rings. The summed E-state index contributed by atoms with van der Waals surface area (Å²) in [6.45, 7) is 5.32. The van der Waals surface area contributed by atoms with E-state index in [1.54, 1.807) is 13.8 Å². The molecular weight excluding hydrogens is 189 g/mol. The molecular formula is C13H18FN. The van der Waals surface area contributed by atoms with Gasteiger partial charge >= 0.3 is 0 Å². The fourth-order valence-electron chi connectivity index (χ4n) is 2.10. The molecule has 1 aromatic rings. The zero-order chi connectivity index (χ0) is 10.9. The Bertz CT molecular complexity index is 335. The summed E-state index contributed by atoms with van der Waals surface area (Å²) in [5.41, 5.74) is 0.817. The molecule has 1 aromatic carbocycles. The first-order chi connectivity index (χ1) is 7.07. The largest absolute Gasteiger partial charge is 0.316 e. The Morgan fingerprint density at radius 1 is 1.40 bits per heavy atom. The van der Waals surface area contributed by atoms with Crippen molar-refractivity contribution >= 4 is 0 Å². The van der Waals surface area contributed by atoms with Crippen LogP contribution in [0, 0.1) is 0 Å². The lowest BCUT2D eigenvalue weighted by Gasteiger charge is -2.17. The van der Waals surface area contributed by atoms with E-state index in [0.717, 1.165) is 25.1 Å². The zero-order valence-electron chi connectivity index (χ0n) is 9.39. The van der Waals surface area contributed by atoms with Crippen molar-refractivity contribution in [1.29, 1.82) is 0 Å². The summed E-state index contributed by atoms with van der Waals surface area (Å²) < 4.78 is 13.8. The molecule has 0 aromatic heterocycles. The maximum atomic E-state index is 13.8. The predicted molar refractivity (Wildman–Crippen MR) is 60.8 cm³/mol. The highest BCUT2D eigenvalue weighted by molar-refractivity contribution is 5.30. The fraction of sp³-hybridized carbons (Fsp3) is 0.538. The minimum absolute atomic E-state index is 0.562. The lowest BCUT2D eigenvalue weighted by molar-refractivity contribution is 0.221. The van der Waals surface area contributed by atoms with Gasteiger partial charge in [0.05, 0.1) is 0 Å². The van der Waals surface area contributed by atoms with Gasteiger partial charge in [-0.1, -0.05) is 24.3 Å². The van der Waals surface area contributed by atoms with Gasteiger partial charge in [0.1, 0.15) is 5.67 Å². The summed E-state index contributed by atoms with van der Waals surface area (Å²) >= 11 is 0. The van der Waals surface area contributed by atoms with Gasteiger partial charge in [-0.15, -0.1) is 0 Å². The molecule has 1 nitrogen and oxygen atoms in total. The summed E-state index contributed by atoms with van der Waals surface area (Å²) in [6.07, 6.45) is 1.16. The Kier molecular flexibility index (Phi) is 2.79. The lowest BCUT2D eigenvalue weighted by atomic mass is 9.92. The van der Waals surface area contributed by atoms with E-state index >= 15 is 0 Å². The molecule has 0 saturated carbocycles. The number of halogens is 1. The molecule has 1 unspecified atom stereocenters. The molecule has 1 N–H and O–H groups in total. The zero-order valence-corrected chi connectivity index (χ0v) is 9.39. The van der Waals surface area contributed by atoms with E-state index in [-0.39, 0.29) is 0 Å². The van der Waals surface area contributed by atoms with E-state index in [2.05, 4.69) is 11.4 Å². The van der Waals surface area contributed by atoms with Gasteiger partial charge in [0.2, 0.25) is 0 Å². The smallest absolute Gasteiger partial charge is 0.130 e. The van der Waals surface area contributed by atoms with Crippen molar-refractivity contribution in [1.82, 2.24) is 5.32 Å². The Labute approximate surface area is 90.7 Å². The number of benzene rings is 1. The Hall–Kier alpha value is -0.890. The van der Waals surface area contributed by atoms with Crippen LogP contribution in [0.15, 0.2) is 24.3 Å². The Balaban J connectivity index is 2.26. The van der Waals surface area contributed by atoms with Crippen molar-refractivity contribution in [3.05, 3.63) is 35.4 Å². The van der Waals surface area contributed by atoms with Crippen LogP contribution >= 0.6 is 0 Å². The van der Waals surface area contributed by atoms with Crippen molar-refractivity contribution < 1.29 is 4.39 Å². The number of nitrogens with one attached hydrogen (secondary N) is 1. The average Bonchev–Trinajstić information content (AvgIpc) is 2.69. The van der Waals surface area contributed by atoms with Crippen LogP contribution in [0.4, 0.5) is 4.39 Å².